The summed E-state index contributed by atoms with van der Waals surface area (Å²) in [6.45, 7) is 0. The van der Waals surface area contributed by atoms with E-state index in [4.69, 9.17) is 0 Å². The van der Waals surface area contributed by atoms with Crippen molar-refractivity contribution in [2.75, 3.05) is 10.6 Å². The van der Waals surface area contributed by atoms with Crippen LogP contribution in [0.1, 0.15) is 5.69 Å². The molecule has 0 aliphatic rings. The summed E-state index contributed by atoms with van der Waals surface area (Å²) in [5.74, 6) is -1.72. The lowest BCUT2D eigenvalue weighted by Crippen LogP contribution is -2.20. The van der Waals surface area contributed by atoms with E-state index in [2.05, 4.69) is 15.7 Å². The number of amides is 2. The molecule has 2 N–H and O–H groups in total. The molecule has 0 radical (unpaired) electrons. The van der Waals surface area contributed by atoms with Crippen LogP contribution in [0.4, 0.5) is 38.1 Å². The Morgan fingerprint density at radius 1 is 0.848 bits per heavy atom. The van der Waals surface area contributed by atoms with Crippen LogP contribution in [0.5, 0.6) is 0 Å². The van der Waals surface area contributed by atoms with Crippen molar-refractivity contribution in [1.82, 2.24) is 9.78 Å². The Morgan fingerprint density at radius 3 is 2.18 bits per heavy atom. The summed E-state index contributed by atoms with van der Waals surface area (Å²) >= 11 is 0. The molecule has 0 saturated heterocycles. The largest absolute Gasteiger partial charge is 0.435 e. The van der Waals surface area contributed by atoms with Crippen LogP contribution in [0.25, 0.3) is 16.9 Å². The van der Waals surface area contributed by atoms with Crippen LogP contribution < -0.4 is 10.6 Å². The van der Waals surface area contributed by atoms with Crippen molar-refractivity contribution in [2.45, 2.75) is 6.18 Å². The fraction of sp³-hybridized carbons (Fsp3) is 0.0435. The molecule has 0 aliphatic heterocycles. The molecule has 4 rings (SSSR count). The Balaban J connectivity index is 1.57. The Kier molecular flexibility index (Phi) is 5.82. The second-order valence-corrected chi connectivity index (χ2v) is 6.94. The van der Waals surface area contributed by atoms with E-state index in [1.165, 1.54) is 28.9 Å². The highest BCUT2D eigenvalue weighted by molar-refractivity contribution is 5.99. The number of aromatic nitrogens is 2. The van der Waals surface area contributed by atoms with Crippen LogP contribution in [0.3, 0.4) is 0 Å². The minimum Gasteiger partial charge on any atom is -0.308 e. The molecule has 168 valence electrons. The minimum atomic E-state index is -4.62. The second-order valence-electron chi connectivity index (χ2n) is 6.94. The maximum absolute atomic E-state index is 13.7. The predicted molar refractivity (Wildman–Crippen MR) is 113 cm³/mol. The zero-order chi connectivity index (χ0) is 23.6. The Morgan fingerprint density at radius 2 is 1.55 bits per heavy atom. The first-order valence-corrected chi connectivity index (χ1v) is 9.57. The number of rotatable bonds is 4. The molecule has 33 heavy (non-hydrogen) atoms. The van der Waals surface area contributed by atoms with Crippen LogP contribution in [0.2, 0.25) is 0 Å². The SMILES string of the molecule is O=C(Nc1ccc(-c2cc(C(F)(F)F)nn2-c2ccccc2)cc1)Nc1ccc(F)cc1F. The summed E-state index contributed by atoms with van der Waals surface area (Å²) in [5.41, 5.74) is 0.142. The Hall–Kier alpha value is -4.21. The van der Waals surface area contributed by atoms with Crippen LogP contribution in [0, 0.1) is 11.6 Å². The first-order chi connectivity index (χ1) is 15.7. The summed E-state index contributed by atoms with van der Waals surface area (Å²) < 4.78 is 67.7. The van der Waals surface area contributed by atoms with Crippen molar-refractivity contribution in [1.29, 1.82) is 0 Å². The maximum atomic E-state index is 13.7. The number of anilines is 2. The van der Waals surface area contributed by atoms with Crippen LogP contribution >= 0.6 is 0 Å². The number of carbonyl (C=O) groups excluding carboxylic acids is 1. The van der Waals surface area contributed by atoms with Crippen LogP contribution in [-0.4, -0.2) is 15.8 Å². The zero-order valence-electron chi connectivity index (χ0n) is 16.7. The van der Waals surface area contributed by atoms with E-state index in [1.54, 1.807) is 30.3 Å². The van der Waals surface area contributed by atoms with E-state index in [0.717, 1.165) is 18.2 Å². The number of nitrogens with one attached hydrogen (secondary N) is 2. The average molecular weight is 458 g/mol. The fourth-order valence-electron chi connectivity index (χ4n) is 3.09. The summed E-state index contributed by atoms with van der Waals surface area (Å²) in [6.07, 6.45) is -4.62. The molecular weight excluding hydrogens is 443 g/mol. The molecule has 0 aliphatic carbocycles. The number of hydrogen-bond donors (Lipinski definition) is 2. The first-order valence-electron chi connectivity index (χ1n) is 9.57. The van der Waals surface area contributed by atoms with Gasteiger partial charge in [0.1, 0.15) is 11.6 Å². The third kappa shape index (κ3) is 5.00. The zero-order valence-corrected chi connectivity index (χ0v) is 16.7. The van der Waals surface area contributed by atoms with E-state index >= 15 is 0 Å². The van der Waals surface area contributed by atoms with Crippen molar-refractivity contribution in [3.05, 3.63) is 96.2 Å². The Bertz CT molecular complexity index is 1280. The number of carbonyl (C=O) groups is 1. The molecule has 2 amide bonds. The number of para-hydroxylation sites is 1. The lowest BCUT2D eigenvalue weighted by molar-refractivity contribution is -0.141. The van der Waals surface area contributed by atoms with Crippen LogP contribution in [-0.2, 0) is 6.18 Å². The minimum absolute atomic E-state index is 0.206. The number of nitrogens with zero attached hydrogens (tertiary/aromatic N) is 2. The van der Waals surface area contributed by atoms with Crippen molar-refractivity contribution < 1.29 is 26.7 Å². The topological polar surface area (TPSA) is 59.0 Å². The van der Waals surface area contributed by atoms with Crippen LogP contribution in [0.15, 0.2) is 78.9 Å². The molecule has 4 aromatic rings. The maximum Gasteiger partial charge on any atom is 0.435 e. The molecule has 1 aromatic heterocycles. The molecule has 5 nitrogen and oxygen atoms in total. The van der Waals surface area contributed by atoms with Gasteiger partial charge in [-0.3, -0.25) is 0 Å². The second kappa shape index (κ2) is 8.73. The molecule has 0 saturated carbocycles. The van der Waals surface area contributed by atoms with Gasteiger partial charge in [-0.1, -0.05) is 30.3 Å². The number of halogens is 5. The standard InChI is InChI=1S/C23H15F5N4O/c24-15-8-11-19(18(25)12-15)30-22(33)29-16-9-6-14(7-10-16)20-13-21(23(26,27)28)31-32(20)17-4-2-1-3-5-17/h1-13H,(H2,29,30,33). The molecule has 0 bridgehead atoms. The van der Waals surface area contributed by atoms with E-state index in [0.29, 0.717) is 23.0 Å². The van der Waals surface area contributed by atoms with Gasteiger partial charge in [0.15, 0.2) is 5.69 Å². The van der Waals surface area contributed by atoms with Crippen molar-refractivity contribution in [3.8, 4) is 16.9 Å². The third-order valence-corrected chi connectivity index (χ3v) is 4.62. The molecule has 0 unspecified atom stereocenters. The van der Waals surface area contributed by atoms with Gasteiger partial charge in [0, 0.05) is 17.3 Å². The van der Waals surface area contributed by atoms with Gasteiger partial charge in [-0.15, -0.1) is 0 Å². The summed E-state index contributed by atoms with van der Waals surface area (Å²) in [7, 11) is 0. The first kappa shape index (κ1) is 22.0. The summed E-state index contributed by atoms with van der Waals surface area (Å²) in [4.78, 5) is 12.1. The average Bonchev–Trinajstić information content (AvgIpc) is 3.23. The van der Waals surface area contributed by atoms with E-state index in [9.17, 15) is 26.7 Å². The fourth-order valence-corrected chi connectivity index (χ4v) is 3.09. The number of alkyl halides is 3. The summed E-state index contributed by atoms with van der Waals surface area (Å²) in [6, 6.07) is 17.2. The highest BCUT2D eigenvalue weighted by atomic mass is 19.4. The van der Waals surface area contributed by atoms with Gasteiger partial charge < -0.3 is 10.6 Å². The van der Waals surface area contributed by atoms with Gasteiger partial charge in [0.2, 0.25) is 0 Å². The quantitative estimate of drug-likeness (QED) is 0.344. The van der Waals surface area contributed by atoms with Crippen molar-refractivity contribution in [3.63, 3.8) is 0 Å². The van der Waals surface area contributed by atoms with Crippen molar-refractivity contribution in [2.24, 2.45) is 0 Å². The normalized spacial score (nSPS) is 11.3. The number of urea groups is 1. The molecule has 3 aromatic carbocycles. The Labute approximate surface area is 184 Å². The van der Waals surface area contributed by atoms with E-state index in [-0.39, 0.29) is 11.4 Å². The molecule has 0 fully saturated rings. The van der Waals surface area contributed by atoms with Gasteiger partial charge in [0.05, 0.1) is 17.1 Å². The monoisotopic (exact) mass is 458 g/mol. The van der Waals surface area contributed by atoms with Gasteiger partial charge in [0.25, 0.3) is 0 Å². The van der Waals surface area contributed by atoms with Gasteiger partial charge in [-0.25, -0.2) is 18.3 Å². The van der Waals surface area contributed by atoms with Gasteiger partial charge in [-0.2, -0.15) is 18.3 Å². The highest BCUT2D eigenvalue weighted by Gasteiger charge is 2.35. The lowest BCUT2D eigenvalue weighted by atomic mass is 10.1. The van der Waals surface area contributed by atoms with Crippen molar-refractivity contribution >= 4 is 17.4 Å². The van der Waals surface area contributed by atoms with Gasteiger partial charge >= 0.3 is 12.2 Å². The molecule has 10 heteroatoms. The number of hydrogen-bond acceptors (Lipinski definition) is 2. The molecular formula is C23H15F5N4O. The van der Waals surface area contributed by atoms with Gasteiger partial charge in [-0.05, 0) is 42.5 Å². The summed E-state index contributed by atoms with van der Waals surface area (Å²) in [5, 5.41) is 8.44. The van der Waals surface area contributed by atoms with E-state index in [1.807, 2.05) is 0 Å². The molecule has 0 spiro atoms. The highest BCUT2D eigenvalue weighted by Crippen LogP contribution is 2.33. The number of benzene rings is 3. The molecule has 0 atom stereocenters. The molecule has 1 heterocycles. The lowest BCUT2D eigenvalue weighted by Gasteiger charge is -2.10. The smallest absolute Gasteiger partial charge is 0.308 e. The van der Waals surface area contributed by atoms with E-state index < -0.39 is 29.5 Å². The third-order valence-electron chi connectivity index (χ3n) is 4.62. The predicted octanol–water partition coefficient (Wildman–Crippen LogP) is 6.48.